The molecule has 0 bridgehead atoms. The molecule has 2 nitrogen and oxygen atoms in total. The van der Waals surface area contributed by atoms with E-state index in [1.165, 1.54) is 6.92 Å². The molecule has 0 aliphatic heterocycles. The van der Waals surface area contributed by atoms with E-state index in [-0.39, 0.29) is 16.2 Å². The highest BCUT2D eigenvalue weighted by Gasteiger charge is 2.38. The van der Waals surface area contributed by atoms with Crippen molar-refractivity contribution in [2.75, 3.05) is 6.26 Å². The van der Waals surface area contributed by atoms with Gasteiger partial charge in [0.05, 0.1) is 11.1 Å². The number of thioether (sulfide) groups is 1. The molecule has 0 aliphatic carbocycles. The molecule has 92 valence electrons. The summed E-state index contributed by atoms with van der Waals surface area (Å²) in [6.07, 6.45) is -2.50. The van der Waals surface area contributed by atoms with Gasteiger partial charge in [0.2, 0.25) is 0 Å². The van der Waals surface area contributed by atoms with E-state index in [0.29, 0.717) is 12.1 Å². The van der Waals surface area contributed by atoms with Crippen molar-refractivity contribution in [3.05, 3.63) is 22.4 Å². The number of alkyl halides is 3. The normalized spacial score (nSPS) is 11.4. The molecule has 0 aliphatic rings. The Kier molecular flexibility index (Phi) is 4.04. The number of halogens is 3. The van der Waals surface area contributed by atoms with Gasteiger partial charge in [-0.2, -0.15) is 18.4 Å². The largest absolute Gasteiger partial charge is 0.418 e. The Balaban J connectivity index is 3.70. The number of hydrogen-bond donors (Lipinski definition) is 0. The van der Waals surface area contributed by atoms with Crippen LogP contribution >= 0.6 is 11.8 Å². The smallest absolute Gasteiger partial charge is 0.245 e. The summed E-state index contributed by atoms with van der Waals surface area (Å²) in [5, 5.41) is 9.02. The highest BCUT2D eigenvalue weighted by atomic mass is 32.2. The molecule has 0 radical (unpaired) electrons. The number of pyridine rings is 1. The second-order valence-corrected chi connectivity index (χ2v) is 4.20. The maximum Gasteiger partial charge on any atom is 0.418 e. The number of nitriles is 1. The molecule has 6 heteroatoms. The fourth-order valence-corrected chi connectivity index (χ4v) is 2.20. The van der Waals surface area contributed by atoms with Crippen LogP contribution < -0.4 is 0 Å². The second-order valence-electron chi connectivity index (χ2n) is 3.41. The van der Waals surface area contributed by atoms with Crippen LogP contribution in [0.25, 0.3) is 0 Å². The lowest BCUT2D eigenvalue weighted by molar-refractivity contribution is -0.138. The molecular weight excluding hydrogens is 249 g/mol. The maximum absolute atomic E-state index is 12.9. The van der Waals surface area contributed by atoms with Gasteiger partial charge in [-0.05, 0) is 25.2 Å². The zero-order valence-electron chi connectivity index (χ0n) is 9.64. The monoisotopic (exact) mass is 260 g/mol. The summed E-state index contributed by atoms with van der Waals surface area (Å²) >= 11 is 1.05. The number of nitrogens with zero attached hydrogens (tertiary/aromatic N) is 2. The highest BCUT2D eigenvalue weighted by molar-refractivity contribution is 7.98. The first-order valence-electron chi connectivity index (χ1n) is 4.91. The Labute approximate surface area is 102 Å². The molecule has 0 saturated heterocycles. The topological polar surface area (TPSA) is 36.7 Å². The van der Waals surface area contributed by atoms with E-state index < -0.39 is 11.7 Å². The minimum atomic E-state index is -4.52. The van der Waals surface area contributed by atoms with Crippen molar-refractivity contribution < 1.29 is 13.2 Å². The molecule has 0 amide bonds. The molecular formula is C11H11F3N2S. The first kappa shape index (κ1) is 13.8. The standard InChI is InChI=1S/C11H11F3N2S/c1-4-8-6(2)9(11(12,13)14)7(5-15)10(16-8)17-3/h4H2,1-3H3. The highest BCUT2D eigenvalue weighted by Crippen LogP contribution is 2.38. The van der Waals surface area contributed by atoms with E-state index in [1.54, 1.807) is 19.2 Å². The van der Waals surface area contributed by atoms with Gasteiger partial charge in [-0.15, -0.1) is 11.8 Å². The van der Waals surface area contributed by atoms with Crippen LogP contribution in [-0.4, -0.2) is 11.2 Å². The van der Waals surface area contributed by atoms with Crippen LogP contribution in [0.3, 0.4) is 0 Å². The van der Waals surface area contributed by atoms with Crippen LogP contribution in [-0.2, 0) is 12.6 Å². The van der Waals surface area contributed by atoms with Gasteiger partial charge in [0, 0.05) is 5.69 Å². The van der Waals surface area contributed by atoms with Crippen LogP contribution in [0, 0.1) is 18.3 Å². The van der Waals surface area contributed by atoms with Crippen molar-refractivity contribution in [3.63, 3.8) is 0 Å². The molecule has 0 atom stereocenters. The quantitative estimate of drug-likeness (QED) is 0.763. The summed E-state index contributed by atoms with van der Waals surface area (Å²) in [6.45, 7) is 3.10. The number of hydrogen-bond acceptors (Lipinski definition) is 3. The third-order valence-corrected chi connectivity index (χ3v) is 3.11. The van der Waals surface area contributed by atoms with Gasteiger partial charge < -0.3 is 0 Å². The molecule has 1 aromatic rings. The lowest BCUT2D eigenvalue weighted by Crippen LogP contribution is -2.14. The van der Waals surface area contributed by atoms with E-state index in [1.807, 2.05) is 0 Å². The maximum atomic E-state index is 12.9. The Hall–Kier alpha value is -1.22. The molecule has 1 heterocycles. The summed E-state index contributed by atoms with van der Waals surface area (Å²) in [5.41, 5.74) is -0.786. The van der Waals surface area contributed by atoms with Crippen LogP contribution in [0.2, 0.25) is 0 Å². The molecule has 1 rings (SSSR count). The molecule has 0 fully saturated rings. The zero-order chi connectivity index (χ0) is 13.2. The molecule has 1 aromatic heterocycles. The van der Waals surface area contributed by atoms with Crippen molar-refractivity contribution >= 4 is 11.8 Å². The summed E-state index contributed by atoms with van der Waals surface area (Å²) in [6, 6.07) is 1.61. The van der Waals surface area contributed by atoms with Gasteiger partial charge in [0.1, 0.15) is 11.1 Å². The Morgan fingerprint density at radius 3 is 2.35 bits per heavy atom. The van der Waals surface area contributed by atoms with Gasteiger partial charge in [-0.25, -0.2) is 4.98 Å². The van der Waals surface area contributed by atoms with E-state index in [4.69, 9.17) is 5.26 Å². The van der Waals surface area contributed by atoms with Crippen molar-refractivity contribution in [2.45, 2.75) is 31.5 Å². The predicted octanol–water partition coefficient (Wildman–Crippen LogP) is 3.56. The molecule has 17 heavy (non-hydrogen) atoms. The average molecular weight is 260 g/mol. The average Bonchev–Trinajstić information content (AvgIpc) is 2.26. The van der Waals surface area contributed by atoms with Gasteiger partial charge in [0.15, 0.2) is 0 Å². The lowest BCUT2D eigenvalue weighted by Gasteiger charge is -2.16. The summed E-state index contributed by atoms with van der Waals surface area (Å²) in [5.74, 6) is 0. The first-order valence-corrected chi connectivity index (χ1v) is 6.14. The predicted molar refractivity (Wildman–Crippen MR) is 59.9 cm³/mol. The van der Waals surface area contributed by atoms with Crippen LogP contribution in [0.4, 0.5) is 13.2 Å². The van der Waals surface area contributed by atoms with Gasteiger partial charge in [0.25, 0.3) is 0 Å². The Bertz CT molecular complexity index is 475. The Morgan fingerprint density at radius 1 is 1.41 bits per heavy atom. The van der Waals surface area contributed by atoms with Crippen LogP contribution in [0.5, 0.6) is 0 Å². The van der Waals surface area contributed by atoms with E-state index >= 15 is 0 Å². The van der Waals surface area contributed by atoms with E-state index in [0.717, 1.165) is 11.8 Å². The van der Waals surface area contributed by atoms with Gasteiger partial charge in [-0.3, -0.25) is 0 Å². The zero-order valence-corrected chi connectivity index (χ0v) is 10.5. The fraction of sp³-hybridized carbons (Fsp3) is 0.455. The van der Waals surface area contributed by atoms with Gasteiger partial charge in [-0.1, -0.05) is 6.92 Å². The Morgan fingerprint density at radius 2 is 2.00 bits per heavy atom. The number of aromatic nitrogens is 1. The molecule has 0 aromatic carbocycles. The molecule has 0 saturated carbocycles. The van der Waals surface area contributed by atoms with Crippen molar-refractivity contribution in [2.24, 2.45) is 0 Å². The first-order chi connectivity index (χ1) is 7.86. The second kappa shape index (κ2) is 4.96. The van der Waals surface area contributed by atoms with Gasteiger partial charge >= 0.3 is 6.18 Å². The lowest BCUT2D eigenvalue weighted by atomic mass is 10.0. The third kappa shape index (κ3) is 2.55. The van der Waals surface area contributed by atoms with Crippen molar-refractivity contribution in [1.29, 1.82) is 5.26 Å². The van der Waals surface area contributed by atoms with Crippen molar-refractivity contribution in [3.8, 4) is 6.07 Å². The van der Waals surface area contributed by atoms with E-state index in [9.17, 15) is 13.2 Å². The minimum absolute atomic E-state index is 0.0503. The number of rotatable bonds is 2. The fourth-order valence-electron chi connectivity index (χ4n) is 1.65. The van der Waals surface area contributed by atoms with Crippen LogP contribution in [0.15, 0.2) is 5.03 Å². The summed E-state index contributed by atoms with van der Waals surface area (Å²) < 4.78 is 38.8. The SMILES string of the molecule is CCc1nc(SC)c(C#N)c(C(F)(F)F)c1C. The molecule has 0 N–H and O–H groups in total. The van der Waals surface area contributed by atoms with Crippen LogP contribution in [0.1, 0.15) is 29.3 Å². The molecule has 0 spiro atoms. The summed E-state index contributed by atoms with van der Waals surface area (Å²) in [4.78, 5) is 4.09. The number of aryl methyl sites for hydroxylation is 1. The molecule has 0 unspecified atom stereocenters. The van der Waals surface area contributed by atoms with E-state index in [2.05, 4.69) is 4.98 Å². The minimum Gasteiger partial charge on any atom is -0.245 e. The third-order valence-electron chi connectivity index (χ3n) is 2.43. The van der Waals surface area contributed by atoms with Crippen molar-refractivity contribution in [1.82, 2.24) is 4.98 Å². The summed E-state index contributed by atoms with van der Waals surface area (Å²) in [7, 11) is 0.